The number of carbonyl (C=O) groups excluding carboxylic acids is 1. The van der Waals surface area contributed by atoms with Gasteiger partial charge in [0.1, 0.15) is 5.82 Å². The molecule has 1 heterocycles. The fraction of sp³-hybridized carbons (Fsp3) is 0.316. The standard InChI is InChI=1S/C19H21FN2O4S/c20-18-10-14(6-7-16(18)13-23)12-21-19(24)15-4-3-5-17(11-15)27(25,26)22-8-1-2-9-22/h3-7,10-11,23H,1-2,8-9,12-13H2,(H,21,24). The van der Waals surface area contributed by atoms with Crippen LogP contribution in [0.2, 0.25) is 0 Å². The predicted octanol–water partition coefficient (Wildman–Crippen LogP) is 2.03. The molecule has 1 aliphatic heterocycles. The van der Waals surface area contributed by atoms with E-state index in [0.717, 1.165) is 12.8 Å². The van der Waals surface area contributed by atoms with Crippen molar-refractivity contribution in [1.82, 2.24) is 9.62 Å². The zero-order chi connectivity index (χ0) is 19.4. The molecule has 1 fully saturated rings. The molecule has 8 heteroatoms. The molecule has 3 rings (SSSR count). The van der Waals surface area contributed by atoms with Gasteiger partial charge in [0, 0.05) is 30.8 Å². The van der Waals surface area contributed by atoms with Gasteiger partial charge in [-0.25, -0.2) is 12.8 Å². The Morgan fingerprint density at radius 2 is 1.89 bits per heavy atom. The number of hydrogen-bond donors (Lipinski definition) is 2. The van der Waals surface area contributed by atoms with Gasteiger partial charge in [0.25, 0.3) is 5.91 Å². The van der Waals surface area contributed by atoms with Gasteiger partial charge in [-0.1, -0.05) is 18.2 Å². The summed E-state index contributed by atoms with van der Waals surface area (Å²) in [5, 5.41) is 11.6. The van der Waals surface area contributed by atoms with Crippen LogP contribution >= 0.6 is 0 Å². The third-order valence-electron chi connectivity index (χ3n) is 4.54. The maximum atomic E-state index is 13.7. The molecule has 0 unspecified atom stereocenters. The van der Waals surface area contributed by atoms with Crippen molar-refractivity contribution in [3.63, 3.8) is 0 Å². The van der Waals surface area contributed by atoms with Crippen LogP contribution in [0.1, 0.15) is 34.3 Å². The minimum Gasteiger partial charge on any atom is -0.392 e. The van der Waals surface area contributed by atoms with Crippen LogP contribution in [0.5, 0.6) is 0 Å². The van der Waals surface area contributed by atoms with Crippen molar-refractivity contribution in [2.45, 2.75) is 30.9 Å². The van der Waals surface area contributed by atoms with Gasteiger partial charge in [0.15, 0.2) is 0 Å². The number of nitrogens with zero attached hydrogens (tertiary/aromatic N) is 1. The van der Waals surface area contributed by atoms with Crippen molar-refractivity contribution in [1.29, 1.82) is 0 Å². The van der Waals surface area contributed by atoms with E-state index in [1.807, 2.05) is 0 Å². The molecule has 1 amide bonds. The van der Waals surface area contributed by atoms with Crippen LogP contribution in [0.3, 0.4) is 0 Å². The summed E-state index contributed by atoms with van der Waals surface area (Å²) in [6.45, 7) is 0.684. The molecule has 0 bridgehead atoms. The molecule has 0 aromatic heterocycles. The number of amides is 1. The quantitative estimate of drug-likeness (QED) is 0.788. The summed E-state index contributed by atoms with van der Waals surface area (Å²) < 4.78 is 40.3. The number of benzene rings is 2. The number of hydrogen-bond acceptors (Lipinski definition) is 4. The second kappa shape index (κ2) is 8.16. The summed E-state index contributed by atoms with van der Waals surface area (Å²) in [6, 6.07) is 10.2. The summed E-state index contributed by atoms with van der Waals surface area (Å²) in [5.74, 6) is -0.983. The summed E-state index contributed by atoms with van der Waals surface area (Å²) >= 11 is 0. The molecule has 1 aliphatic rings. The van der Waals surface area contributed by atoms with E-state index < -0.39 is 28.4 Å². The summed E-state index contributed by atoms with van der Waals surface area (Å²) in [4.78, 5) is 12.5. The minimum absolute atomic E-state index is 0.0879. The van der Waals surface area contributed by atoms with Crippen molar-refractivity contribution in [3.8, 4) is 0 Å². The topological polar surface area (TPSA) is 86.7 Å². The Hall–Kier alpha value is -2.29. The SMILES string of the molecule is O=C(NCc1ccc(CO)c(F)c1)c1cccc(S(=O)(=O)N2CCCC2)c1. The highest BCUT2D eigenvalue weighted by molar-refractivity contribution is 7.89. The van der Waals surface area contributed by atoms with Gasteiger partial charge in [0.2, 0.25) is 10.0 Å². The first-order valence-electron chi connectivity index (χ1n) is 8.68. The number of aliphatic hydroxyl groups excluding tert-OH is 1. The van der Waals surface area contributed by atoms with Crippen LogP contribution in [0.15, 0.2) is 47.4 Å². The smallest absolute Gasteiger partial charge is 0.251 e. The van der Waals surface area contributed by atoms with Crippen LogP contribution in [-0.2, 0) is 23.2 Å². The van der Waals surface area contributed by atoms with Crippen LogP contribution in [0.4, 0.5) is 4.39 Å². The van der Waals surface area contributed by atoms with Crippen LogP contribution in [0, 0.1) is 5.82 Å². The average Bonchev–Trinajstić information content (AvgIpc) is 3.22. The summed E-state index contributed by atoms with van der Waals surface area (Å²) in [7, 11) is -3.60. The van der Waals surface area contributed by atoms with Crippen molar-refractivity contribution < 1.29 is 22.7 Å². The molecule has 2 aromatic rings. The Morgan fingerprint density at radius 3 is 2.56 bits per heavy atom. The molecule has 0 saturated carbocycles. The van der Waals surface area contributed by atoms with E-state index in [-0.39, 0.29) is 22.6 Å². The van der Waals surface area contributed by atoms with E-state index in [4.69, 9.17) is 5.11 Å². The van der Waals surface area contributed by atoms with E-state index in [1.165, 1.54) is 40.7 Å². The van der Waals surface area contributed by atoms with E-state index in [0.29, 0.717) is 18.7 Å². The van der Waals surface area contributed by atoms with Gasteiger partial charge in [-0.3, -0.25) is 4.79 Å². The first-order valence-corrected chi connectivity index (χ1v) is 10.1. The van der Waals surface area contributed by atoms with Gasteiger partial charge in [-0.05, 0) is 42.7 Å². The molecular formula is C19H21FN2O4S. The van der Waals surface area contributed by atoms with Crippen molar-refractivity contribution in [3.05, 3.63) is 65.0 Å². The number of carbonyl (C=O) groups is 1. The molecule has 0 atom stereocenters. The second-order valence-corrected chi connectivity index (χ2v) is 8.34. The lowest BCUT2D eigenvalue weighted by Gasteiger charge is -2.16. The Labute approximate surface area is 157 Å². The average molecular weight is 392 g/mol. The fourth-order valence-electron chi connectivity index (χ4n) is 2.99. The first-order chi connectivity index (χ1) is 12.9. The van der Waals surface area contributed by atoms with Gasteiger partial charge in [-0.2, -0.15) is 4.31 Å². The zero-order valence-corrected chi connectivity index (χ0v) is 15.5. The number of aliphatic hydroxyl groups is 1. The maximum absolute atomic E-state index is 13.7. The third kappa shape index (κ3) is 4.35. The highest BCUT2D eigenvalue weighted by Gasteiger charge is 2.27. The predicted molar refractivity (Wildman–Crippen MR) is 97.9 cm³/mol. The molecule has 2 aromatic carbocycles. The monoisotopic (exact) mass is 392 g/mol. The third-order valence-corrected chi connectivity index (χ3v) is 6.43. The highest BCUT2D eigenvalue weighted by Crippen LogP contribution is 2.21. The molecule has 27 heavy (non-hydrogen) atoms. The molecule has 2 N–H and O–H groups in total. The van der Waals surface area contributed by atoms with Gasteiger partial charge < -0.3 is 10.4 Å². The largest absolute Gasteiger partial charge is 0.392 e. The molecular weight excluding hydrogens is 371 g/mol. The van der Waals surface area contributed by atoms with Gasteiger partial charge >= 0.3 is 0 Å². The Balaban J connectivity index is 1.71. The number of halogens is 1. The van der Waals surface area contributed by atoms with Crippen LogP contribution in [-0.4, -0.2) is 36.8 Å². The molecule has 144 valence electrons. The molecule has 0 aliphatic carbocycles. The van der Waals surface area contributed by atoms with Crippen LogP contribution in [0.25, 0.3) is 0 Å². The van der Waals surface area contributed by atoms with Crippen LogP contribution < -0.4 is 5.32 Å². The lowest BCUT2D eigenvalue weighted by molar-refractivity contribution is 0.0950. The second-order valence-electron chi connectivity index (χ2n) is 6.41. The molecule has 1 saturated heterocycles. The van der Waals surface area contributed by atoms with E-state index in [2.05, 4.69) is 5.32 Å². The maximum Gasteiger partial charge on any atom is 0.251 e. The Bertz CT molecular complexity index is 940. The summed E-state index contributed by atoms with van der Waals surface area (Å²) in [5.41, 5.74) is 0.950. The first kappa shape index (κ1) is 19.5. The van der Waals surface area contributed by atoms with Gasteiger partial charge in [0.05, 0.1) is 11.5 Å². The van der Waals surface area contributed by atoms with Crippen molar-refractivity contribution in [2.75, 3.05) is 13.1 Å². The van der Waals surface area contributed by atoms with Crippen molar-refractivity contribution >= 4 is 15.9 Å². The zero-order valence-electron chi connectivity index (χ0n) is 14.7. The lowest BCUT2D eigenvalue weighted by Crippen LogP contribution is -2.28. The Morgan fingerprint density at radius 1 is 1.15 bits per heavy atom. The number of rotatable bonds is 6. The Kier molecular flexibility index (Phi) is 5.88. The number of sulfonamides is 1. The van der Waals surface area contributed by atoms with Gasteiger partial charge in [-0.15, -0.1) is 0 Å². The molecule has 6 nitrogen and oxygen atoms in total. The van der Waals surface area contributed by atoms with E-state index >= 15 is 0 Å². The number of nitrogens with one attached hydrogen (secondary N) is 1. The lowest BCUT2D eigenvalue weighted by atomic mass is 10.1. The van der Waals surface area contributed by atoms with E-state index in [9.17, 15) is 17.6 Å². The fourth-order valence-corrected chi connectivity index (χ4v) is 4.55. The minimum atomic E-state index is -3.60. The highest BCUT2D eigenvalue weighted by atomic mass is 32.2. The summed E-state index contributed by atoms with van der Waals surface area (Å²) in [6.07, 6.45) is 1.68. The normalized spacial score (nSPS) is 15.0. The molecule has 0 radical (unpaired) electrons. The van der Waals surface area contributed by atoms with E-state index in [1.54, 1.807) is 6.07 Å². The molecule has 0 spiro atoms. The van der Waals surface area contributed by atoms with Crippen molar-refractivity contribution in [2.24, 2.45) is 0 Å².